The molecule has 1 aromatic carbocycles. The van der Waals surface area contributed by atoms with E-state index in [0.29, 0.717) is 18.4 Å². The Morgan fingerprint density at radius 3 is 2.19 bits per heavy atom. The molecule has 1 aliphatic rings. The largest absolute Gasteiger partial charge is 0.462 e. The number of benzene rings is 1. The molecule has 0 bridgehead atoms. The summed E-state index contributed by atoms with van der Waals surface area (Å²) in [6, 6.07) is 9.31. The lowest BCUT2D eigenvalue weighted by atomic mass is 9.96. The van der Waals surface area contributed by atoms with E-state index >= 15 is 0 Å². The van der Waals surface area contributed by atoms with Gasteiger partial charge in [-0.05, 0) is 44.7 Å². The number of amides is 1. The zero-order chi connectivity index (χ0) is 23.3. The second kappa shape index (κ2) is 9.95. The summed E-state index contributed by atoms with van der Waals surface area (Å²) in [7, 11) is 0. The van der Waals surface area contributed by atoms with Crippen LogP contribution in [0.4, 0.5) is 5.00 Å². The van der Waals surface area contributed by atoms with Crippen LogP contribution in [0.25, 0.3) is 0 Å². The van der Waals surface area contributed by atoms with Crippen molar-refractivity contribution in [3.05, 3.63) is 51.9 Å². The Morgan fingerprint density at radius 1 is 0.969 bits per heavy atom. The Hall–Kier alpha value is -3.20. The number of nitrogens with one attached hydrogen (secondary N) is 1. The molecular weight excluding hydrogens is 434 g/mol. The van der Waals surface area contributed by atoms with Gasteiger partial charge >= 0.3 is 17.9 Å². The molecule has 8 nitrogen and oxygen atoms in total. The van der Waals surface area contributed by atoms with Gasteiger partial charge in [-0.1, -0.05) is 30.3 Å². The van der Waals surface area contributed by atoms with E-state index in [1.807, 2.05) is 30.3 Å². The van der Waals surface area contributed by atoms with Crippen molar-refractivity contribution in [1.29, 1.82) is 0 Å². The predicted molar refractivity (Wildman–Crippen MR) is 118 cm³/mol. The lowest BCUT2D eigenvalue weighted by molar-refractivity contribution is -0.150. The molecule has 0 aliphatic heterocycles. The highest BCUT2D eigenvalue weighted by molar-refractivity contribution is 7.18. The molecule has 32 heavy (non-hydrogen) atoms. The maximum absolute atomic E-state index is 12.6. The molecule has 1 aliphatic carbocycles. The van der Waals surface area contributed by atoms with Crippen LogP contribution in [0.5, 0.6) is 0 Å². The number of esters is 3. The molecule has 1 heterocycles. The van der Waals surface area contributed by atoms with Crippen LogP contribution in [0, 0.1) is 6.92 Å². The Kier molecular flexibility index (Phi) is 7.29. The Labute approximate surface area is 189 Å². The average Bonchev–Trinajstić information content (AvgIpc) is 3.52. The molecule has 170 valence electrons. The molecule has 0 atom stereocenters. The van der Waals surface area contributed by atoms with E-state index in [9.17, 15) is 19.2 Å². The summed E-state index contributed by atoms with van der Waals surface area (Å²) in [5.74, 6) is -2.33. The molecule has 1 N–H and O–H groups in total. The fourth-order valence-corrected chi connectivity index (χ4v) is 4.47. The third kappa shape index (κ3) is 4.83. The van der Waals surface area contributed by atoms with Crippen molar-refractivity contribution in [2.75, 3.05) is 25.1 Å². The second-order valence-corrected chi connectivity index (χ2v) is 8.29. The van der Waals surface area contributed by atoms with E-state index in [1.54, 1.807) is 20.8 Å². The van der Waals surface area contributed by atoms with Crippen molar-refractivity contribution >= 4 is 40.2 Å². The SMILES string of the molecule is CCOC(=O)c1sc(NC(=O)COC(=O)C2(c3ccccc3)CC2)c(C(=O)OCC)c1C. The van der Waals surface area contributed by atoms with Gasteiger partial charge in [-0.15, -0.1) is 11.3 Å². The zero-order valence-corrected chi connectivity index (χ0v) is 19.0. The summed E-state index contributed by atoms with van der Waals surface area (Å²) in [6.07, 6.45) is 1.33. The van der Waals surface area contributed by atoms with Gasteiger partial charge in [0.2, 0.25) is 0 Å². The summed E-state index contributed by atoms with van der Waals surface area (Å²) in [5, 5.41) is 2.72. The summed E-state index contributed by atoms with van der Waals surface area (Å²) in [5.41, 5.74) is 0.611. The monoisotopic (exact) mass is 459 g/mol. The highest BCUT2D eigenvalue weighted by Gasteiger charge is 2.52. The van der Waals surface area contributed by atoms with Gasteiger partial charge in [0.1, 0.15) is 9.88 Å². The van der Waals surface area contributed by atoms with Crippen molar-refractivity contribution in [1.82, 2.24) is 0 Å². The van der Waals surface area contributed by atoms with Crippen LogP contribution >= 0.6 is 11.3 Å². The summed E-state index contributed by atoms with van der Waals surface area (Å²) < 4.78 is 15.4. The van der Waals surface area contributed by atoms with Crippen molar-refractivity contribution in [3.63, 3.8) is 0 Å². The fraction of sp³-hybridized carbons (Fsp3) is 0.391. The van der Waals surface area contributed by atoms with Gasteiger partial charge in [0.05, 0.1) is 24.2 Å². The van der Waals surface area contributed by atoms with E-state index in [0.717, 1.165) is 16.9 Å². The van der Waals surface area contributed by atoms with E-state index in [4.69, 9.17) is 14.2 Å². The van der Waals surface area contributed by atoms with Crippen molar-refractivity contribution in [2.24, 2.45) is 0 Å². The number of hydrogen-bond acceptors (Lipinski definition) is 8. The maximum atomic E-state index is 12.6. The van der Waals surface area contributed by atoms with E-state index in [2.05, 4.69) is 5.32 Å². The minimum Gasteiger partial charge on any atom is -0.462 e. The quantitative estimate of drug-likeness (QED) is 0.451. The first-order valence-corrected chi connectivity index (χ1v) is 11.2. The van der Waals surface area contributed by atoms with Gasteiger partial charge in [0.25, 0.3) is 5.91 Å². The molecule has 2 aromatic rings. The predicted octanol–water partition coefficient (Wildman–Crippen LogP) is 3.62. The highest BCUT2D eigenvalue weighted by Crippen LogP contribution is 2.49. The molecule has 3 rings (SSSR count). The fourth-order valence-electron chi connectivity index (χ4n) is 3.37. The normalized spacial score (nSPS) is 13.7. The second-order valence-electron chi connectivity index (χ2n) is 7.27. The molecule has 1 aromatic heterocycles. The van der Waals surface area contributed by atoms with Gasteiger partial charge in [-0.3, -0.25) is 9.59 Å². The number of ether oxygens (including phenoxy) is 3. The van der Waals surface area contributed by atoms with Crippen LogP contribution < -0.4 is 5.32 Å². The number of anilines is 1. The molecule has 0 unspecified atom stereocenters. The van der Waals surface area contributed by atoms with Crippen molar-refractivity contribution in [2.45, 2.75) is 39.0 Å². The number of carbonyl (C=O) groups excluding carboxylic acids is 4. The van der Waals surface area contributed by atoms with Crippen LogP contribution in [-0.4, -0.2) is 43.6 Å². The van der Waals surface area contributed by atoms with Gasteiger partial charge in [-0.2, -0.15) is 0 Å². The first kappa shape index (κ1) is 23.5. The lowest BCUT2D eigenvalue weighted by Gasteiger charge is -2.14. The highest BCUT2D eigenvalue weighted by atomic mass is 32.1. The van der Waals surface area contributed by atoms with Gasteiger partial charge in [0, 0.05) is 0 Å². The third-order valence-corrected chi connectivity index (χ3v) is 6.33. The standard InChI is InChI=1S/C23H25NO7S/c1-4-29-20(26)17-14(3)18(21(27)30-5-2)32-19(17)24-16(25)13-31-22(28)23(11-12-23)15-9-7-6-8-10-15/h6-10H,4-5,11-13H2,1-3H3,(H,24,25). The molecule has 0 saturated heterocycles. The molecule has 9 heteroatoms. The third-order valence-electron chi connectivity index (χ3n) is 5.14. The van der Waals surface area contributed by atoms with Gasteiger partial charge in [-0.25, -0.2) is 9.59 Å². The average molecular weight is 460 g/mol. The van der Waals surface area contributed by atoms with Crippen molar-refractivity contribution < 1.29 is 33.4 Å². The Balaban J connectivity index is 1.71. The molecule has 1 saturated carbocycles. The zero-order valence-electron chi connectivity index (χ0n) is 18.2. The minimum absolute atomic E-state index is 0.0857. The number of carbonyl (C=O) groups is 4. The minimum atomic E-state index is -0.700. The number of rotatable bonds is 9. The number of thiophene rings is 1. The Bertz CT molecular complexity index is 1020. The Morgan fingerprint density at radius 2 is 1.59 bits per heavy atom. The summed E-state index contributed by atoms with van der Waals surface area (Å²) >= 11 is 0.918. The first-order chi connectivity index (χ1) is 15.3. The molecule has 1 fully saturated rings. The van der Waals surface area contributed by atoms with Crippen LogP contribution in [0.1, 0.15) is 57.8 Å². The van der Waals surface area contributed by atoms with Crippen molar-refractivity contribution in [3.8, 4) is 0 Å². The van der Waals surface area contributed by atoms with E-state index < -0.39 is 35.8 Å². The summed E-state index contributed by atoms with van der Waals surface area (Å²) in [6.45, 7) is 4.71. The lowest BCUT2D eigenvalue weighted by Crippen LogP contribution is -2.28. The smallest absolute Gasteiger partial charge is 0.348 e. The van der Waals surface area contributed by atoms with Crippen LogP contribution in [0.15, 0.2) is 30.3 Å². The molecular formula is C23H25NO7S. The number of hydrogen-bond donors (Lipinski definition) is 1. The molecule has 1 amide bonds. The van der Waals surface area contributed by atoms with Crippen LogP contribution in [0.2, 0.25) is 0 Å². The molecule has 0 radical (unpaired) electrons. The molecule has 0 spiro atoms. The van der Waals surface area contributed by atoms with Crippen LogP contribution in [0.3, 0.4) is 0 Å². The maximum Gasteiger partial charge on any atom is 0.348 e. The van der Waals surface area contributed by atoms with Gasteiger partial charge in [0.15, 0.2) is 6.61 Å². The first-order valence-electron chi connectivity index (χ1n) is 10.3. The van der Waals surface area contributed by atoms with Gasteiger partial charge < -0.3 is 19.5 Å². The summed E-state index contributed by atoms with van der Waals surface area (Å²) in [4.78, 5) is 50.0. The topological polar surface area (TPSA) is 108 Å². The van der Waals surface area contributed by atoms with Crippen LogP contribution in [-0.2, 0) is 29.2 Å². The van der Waals surface area contributed by atoms with E-state index in [1.165, 1.54) is 0 Å². The van der Waals surface area contributed by atoms with E-state index in [-0.39, 0.29) is 28.7 Å².